The van der Waals surface area contributed by atoms with Crippen molar-refractivity contribution < 1.29 is 4.42 Å². The minimum absolute atomic E-state index is 0.581. The molecule has 0 saturated heterocycles. The fraction of sp³-hybridized carbons (Fsp3) is 0.133. The second-order valence-electron chi connectivity index (χ2n) is 4.74. The van der Waals surface area contributed by atoms with Crippen molar-refractivity contribution in [2.24, 2.45) is 0 Å². The van der Waals surface area contributed by atoms with Crippen LogP contribution < -0.4 is 5.73 Å². The van der Waals surface area contributed by atoms with Crippen LogP contribution in [0.4, 0.5) is 5.69 Å². The molecule has 0 unspecified atom stereocenters. The number of benzene rings is 2. The van der Waals surface area contributed by atoms with Crippen LogP contribution in [0.25, 0.3) is 22.6 Å². The van der Waals surface area contributed by atoms with Crippen molar-refractivity contribution in [3.63, 3.8) is 0 Å². The summed E-state index contributed by atoms with van der Waals surface area (Å²) in [4.78, 5) is 4.57. The minimum atomic E-state index is 0.581. The van der Waals surface area contributed by atoms with E-state index in [1.54, 1.807) is 0 Å². The Bertz CT molecular complexity index is 824. The Morgan fingerprint density at radius 3 is 2.60 bits per heavy atom. The molecule has 0 spiro atoms. The second kappa shape index (κ2) is 4.90. The lowest BCUT2D eigenvalue weighted by Crippen LogP contribution is -1.86. The zero-order chi connectivity index (χ0) is 14.4. The zero-order valence-electron chi connectivity index (χ0n) is 11.0. The third-order valence-electron chi connectivity index (χ3n) is 3.35. The molecule has 0 fully saturated rings. The largest absolute Gasteiger partial charge is 0.435 e. The van der Waals surface area contributed by atoms with Gasteiger partial charge in [0.05, 0.1) is 10.0 Å². The summed E-state index contributed by atoms with van der Waals surface area (Å²) >= 11 is 7.08. The van der Waals surface area contributed by atoms with E-state index in [1.165, 1.54) is 5.56 Å². The first-order valence-electron chi connectivity index (χ1n) is 6.09. The van der Waals surface area contributed by atoms with Crippen LogP contribution in [0.5, 0.6) is 0 Å². The number of fused-ring (bicyclic) bond motifs is 1. The van der Waals surface area contributed by atoms with E-state index in [0.29, 0.717) is 11.6 Å². The Balaban J connectivity index is 2.26. The quantitative estimate of drug-likeness (QED) is 0.574. The maximum atomic E-state index is 5.91. The van der Waals surface area contributed by atoms with Gasteiger partial charge >= 0.3 is 0 Å². The van der Waals surface area contributed by atoms with E-state index in [4.69, 9.17) is 10.2 Å². The van der Waals surface area contributed by atoms with Gasteiger partial charge in [0.2, 0.25) is 5.89 Å². The molecule has 102 valence electrons. The van der Waals surface area contributed by atoms with Gasteiger partial charge < -0.3 is 10.2 Å². The number of hydrogen-bond donors (Lipinski definition) is 1. The molecule has 3 nitrogen and oxygen atoms in total. The van der Waals surface area contributed by atoms with Crippen LogP contribution in [0, 0.1) is 13.8 Å². The maximum absolute atomic E-state index is 5.91. The van der Waals surface area contributed by atoms with Crippen LogP contribution in [0.1, 0.15) is 11.1 Å². The normalized spacial score (nSPS) is 11.2. The Kier molecular flexibility index (Phi) is 3.34. The predicted molar refractivity (Wildman–Crippen MR) is 88.7 cm³/mol. The highest BCUT2D eigenvalue weighted by atomic mass is 79.9. The van der Waals surface area contributed by atoms with Gasteiger partial charge in [-0.1, -0.05) is 0 Å². The topological polar surface area (TPSA) is 52.0 Å². The average molecular weight is 396 g/mol. The Labute approximate surface area is 133 Å². The van der Waals surface area contributed by atoms with E-state index in [2.05, 4.69) is 50.7 Å². The number of hydrogen-bond acceptors (Lipinski definition) is 3. The van der Waals surface area contributed by atoms with E-state index in [1.807, 2.05) is 24.3 Å². The number of nitrogen functional groups attached to an aromatic ring is 1. The van der Waals surface area contributed by atoms with Gasteiger partial charge in [0.1, 0.15) is 5.52 Å². The van der Waals surface area contributed by atoms with Crippen LogP contribution in [0.2, 0.25) is 0 Å². The van der Waals surface area contributed by atoms with Crippen LogP contribution in [-0.2, 0) is 0 Å². The van der Waals surface area contributed by atoms with Gasteiger partial charge in [-0.15, -0.1) is 0 Å². The molecule has 2 aromatic carbocycles. The molecule has 0 atom stereocenters. The van der Waals surface area contributed by atoms with Crippen molar-refractivity contribution in [1.82, 2.24) is 4.98 Å². The van der Waals surface area contributed by atoms with Gasteiger partial charge in [-0.3, -0.25) is 0 Å². The summed E-state index contributed by atoms with van der Waals surface area (Å²) in [6.07, 6.45) is 0. The first kappa shape index (κ1) is 13.6. The molecule has 2 N–H and O–H groups in total. The molecule has 3 aromatic rings. The van der Waals surface area contributed by atoms with Crippen LogP contribution in [-0.4, -0.2) is 4.98 Å². The zero-order valence-corrected chi connectivity index (χ0v) is 14.2. The van der Waals surface area contributed by atoms with Gasteiger partial charge in [-0.2, -0.15) is 0 Å². The van der Waals surface area contributed by atoms with Gasteiger partial charge in [0, 0.05) is 10.2 Å². The SMILES string of the molecule is Cc1cc2nc(-c3ccc(N)cc3Br)oc2c(Br)c1C. The molecule has 1 aromatic heterocycles. The van der Waals surface area contributed by atoms with Crippen molar-refractivity contribution in [1.29, 1.82) is 0 Å². The third kappa shape index (κ3) is 2.15. The molecule has 20 heavy (non-hydrogen) atoms. The molecule has 1 heterocycles. The highest BCUT2D eigenvalue weighted by Crippen LogP contribution is 2.36. The third-order valence-corrected chi connectivity index (χ3v) is 4.96. The summed E-state index contributed by atoms with van der Waals surface area (Å²) < 4.78 is 7.74. The van der Waals surface area contributed by atoms with E-state index in [0.717, 1.165) is 31.2 Å². The summed E-state index contributed by atoms with van der Waals surface area (Å²) in [6, 6.07) is 7.61. The van der Waals surface area contributed by atoms with Gasteiger partial charge in [0.15, 0.2) is 5.58 Å². The lowest BCUT2D eigenvalue weighted by atomic mass is 10.1. The molecule has 0 radical (unpaired) electrons. The van der Waals surface area contributed by atoms with Gasteiger partial charge in [-0.05, 0) is 81.1 Å². The summed E-state index contributed by atoms with van der Waals surface area (Å²) in [7, 11) is 0. The van der Waals surface area contributed by atoms with Gasteiger partial charge in [0.25, 0.3) is 0 Å². The fourth-order valence-corrected chi connectivity index (χ4v) is 3.23. The number of nitrogens with zero attached hydrogens (tertiary/aromatic N) is 1. The molecule has 0 aliphatic carbocycles. The monoisotopic (exact) mass is 394 g/mol. The highest BCUT2D eigenvalue weighted by molar-refractivity contribution is 9.11. The van der Waals surface area contributed by atoms with Crippen LogP contribution in [0.15, 0.2) is 37.6 Å². The standard InChI is InChI=1S/C15H12Br2N2O/c1-7-5-12-14(13(17)8(7)2)20-15(19-12)10-4-3-9(18)6-11(10)16/h3-6H,18H2,1-2H3. The lowest BCUT2D eigenvalue weighted by Gasteiger charge is -2.02. The van der Waals surface area contributed by atoms with E-state index in [-0.39, 0.29) is 0 Å². The Morgan fingerprint density at radius 1 is 1.15 bits per heavy atom. The second-order valence-corrected chi connectivity index (χ2v) is 6.39. The number of halogens is 2. The smallest absolute Gasteiger partial charge is 0.228 e. The summed E-state index contributed by atoms with van der Waals surface area (Å²) in [5.41, 5.74) is 11.3. The van der Waals surface area contributed by atoms with Crippen molar-refractivity contribution in [3.8, 4) is 11.5 Å². The molecule has 0 bridgehead atoms. The van der Waals surface area contributed by atoms with Crippen molar-refractivity contribution in [2.45, 2.75) is 13.8 Å². The summed E-state index contributed by atoms with van der Waals surface area (Å²) in [5, 5.41) is 0. The number of aromatic nitrogens is 1. The molecular weight excluding hydrogens is 384 g/mol. The number of rotatable bonds is 1. The van der Waals surface area contributed by atoms with Crippen molar-refractivity contribution >= 4 is 48.6 Å². The molecule has 0 aliphatic heterocycles. The number of anilines is 1. The van der Waals surface area contributed by atoms with Crippen molar-refractivity contribution in [3.05, 3.63) is 44.3 Å². The molecule has 0 aliphatic rings. The van der Waals surface area contributed by atoms with E-state index >= 15 is 0 Å². The van der Waals surface area contributed by atoms with Crippen LogP contribution >= 0.6 is 31.9 Å². The fourth-order valence-electron chi connectivity index (χ4n) is 2.06. The number of nitrogens with two attached hydrogens (primary N) is 1. The van der Waals surface area contributed by atoms with E-state index in [9.17, 15) is 0 Å². The predicted octanol–water partition coefficient (Wildman–Crippen LogP) is 5.22. The average Bonchev–Trinajstić information content (AvgIpc) is 2.80. The van der Waals surface area contributed by atoms with Gasteiger partial charge in [-0.25, -0.2) is 4.98 Å². The Hall–Kier alpha value is -1.33. The first-order valence-corrected chi connectivity index (χ1v) is 7.67. The number of aryl methyl sites for hydroxylation is 1. The molecule has 0 amide bonds. The first-order chi connectivity index (χ1) is 9.47. The molecule has 3 rings (SSSR count). The highest BCUT2D eigenvalue weighted by Gasteiger charge is 2.15. The van der Waals surface area contributed by atoms with Crippen molar-refractivity contribution in [2.75, 3.05) is 5.73 Å². The minimum Gasteiger partial charge on any atom is -0.435 e. The Morgan fingerprint density at radius 2 is 1.90 bits per heavy atom. The van der Waals surface area contributed by atoms with Crippen LogP contribution in [0.3, 0.4) is 0 Å². The number of oxazole rings is 1. The maximum Gasteiger partial charge on any atom is 0.228 e. The summed E-state index contributed by atoms with van der Waals surface area (Å²) in [6.45, 7) is 4.12. The molecule has 0 saturated carbocycles. The molecular formula is C15H12Br2N2O. The molecule has 5 heteroatoms. The summed E-state index contributed by atoms with van der Waals surface area (Å²) in [5.74, 6) is 0.581. The van der Waals surface area contributed by atoms with E-state index < -0.39 is 0 Å². The lowest BCUT2D eigenvalue weighted by molar-refractivity contribution is 0.617.